The Bertz CT molecular complexity index is 255. The quantitative estimate of drug-likeness (QED) is 0.563. The molecule has 0 N–H and O–H groups in total. The number of hydrogen-bond acceptors (Lipinski definition) is 4. The molecule has 0 fully saturated rings. The highest BCUT2D eigenvalue weighted by molar-refractivity contribution is 7.92. The van der Waals surface area contributed by atoms with Crippen LogP contribution >= 0.6 is 0 Å². The minimum absolute atomic E-state index is 0.254. The van der Waals surface area contributed by atoms with E-state index in [0.29, 0.717) is 7.11 Å². The molecule has 66 valence electrons. The lowest BCUT2D eigenvalue weighted by atomic mass is 10.7. The summed E-state index contributed by atoms with van der Waals surface area (Å²) in [5.41, 5.74) is 0. The van der Waals surface area contributed by atoms with Crippen LogP contribution in [-0.4, -0.2) is 33.0 Å². The van der Waals surface area contributed by atoms with Crippen molar-refractivity contribution in [2.75, 3.05) is 13.4 Å². The molecule has 0 saturated heterocycles. The summed E-state index contributed by atoms with van der Waals surface area (Å²) >= 11 is 0. The first kappa shape index (κ1) is 10.3. The Morgan fingerprint density at radius 1 is 1.45 bits per heavy atom. The molecule has 0 rings (SSSR count). The van der Waals surface area contributed by atoms with Gasteiger partial charge in [0.05, 0.1) is 7.11 Å². The minimum Gasteiger partial charge on any atom is -0.464 e. The van der Waals surface area contributed by atoms with Crippen molar-refractivity contribution in [3.63, 3.8) is 0 Å². The van der Waals surface area contributed by atoms with Gasteiger partial charge in [0.2, 0.25) is 9.84 Å². The summed E-state index contributed by atoms with van der Waals surface area (Å²) in [5, 5.41) is -4.44. The van der Waals surface area contributed by atoms with Crippen molar-refractivity contribution in [1.29, 1.82) is 0 Å². The van der Waals surface area contributed by atoms with Gasteiger partial charge in [-0.05, 0) is 0 Å². The van der Waals surface area contributed by atoms with Gasteiger partial charge >= 0.3 is 11.2 Å². The molecule has 0 amide bonds. The van der Waals surface area contributed by atoms with Crippen molar-refractivity contribution in [2.45, 2.75) is 5.25 Å². The average Bonchev–Trinajstić information content (AvgIpc) is 1.83. The summed E-state index contributed by atoms with van der Waals surface area (Å²) in [5.74, 6) is -2.07. The first-order chi connectivity index (χ1) is 4.73. The summed E-state index contributed by atoms with van der Waals surface area (Å²) in [6.07, 6.45) is 0.254. The molecule has 0 bridgehead atoms. The fourth-order valence-electron chi connectivity index (χ4n) is 0.270. The van der Waals surface area contributed by atoms with Gasteiger partial charge in [0, 0.05) is 6.26 Å². The number of esters is 1. The van der Waals surface area contributed by atoms with E-state index in [9.17, 15) is 22.0 Å². The first-order valence-corrected chi connectivity index (χ1v) is 4.28. The number of hydrogen-bond donors (Lipinski definition) is 0. The standard InChI is InChI=1S/C4H6F2O4S/c1-10-3(7)4(5,6)11(2,8)9/h1-2H3. The van der Waals surface area contributed by atoms with E-state index in [4.69, 9.17) is 0 Å². The van der Waals surface area contributed by atoms with E-state index < -0.39 is 21.1 Å². The fraction of sp³-hybridized carbons (Fsp3) is 0.750. The monoisotopic (exact) mass is 188 g/mol. The van der Waals surface area contributed by atoms with Crippen molar-refractivity contribution in [3.8, 4) is 0 Å². The predicted octanol–water partition coefficient (Wildman–Crippen LogP) is -0.203. The van der Waals surface area contributed by atoms with E-state index in [2.05, 4.69) is 4.74 Å². The van der Waals surface area contributed by atoms with Gasteiger partial charge in [-0.3, -0.25) is 0 Å². The molecule has 0 aliphatic heterocycles. The molecule has 0 atom stereocenters. The van der Waals surface area contributed by atoms with Gasteiger partial charge in [-0.25, -0.2) is 13.2 Å². The highest BCUT2D eigenvalue weighted by Gasteiger charge is 2.51. The largest absolute Gasteiger partial charge is 0.464 e. The maximum atomic E-state index is 12.3. The Hall–Kier alpha value is -0.720. The van der Waals surface area contributed by atoms with E-state index in [1.165, 1.54) is 0 Å². The number of methoxy groups -OCH3 is 1. The van der Waals surface area contributed by atoms with Crippen molar-refractivity contribution in [1.82, 2.24) is 0 Å². The molecule has 7 heteroatoms. The van der Waals surface area contributed by atoms with Crippen LogP contribution in [0.15, 0.2) is 0 Å². The summed E-state index contributed by atoms with van der Waals surface area (Å²) in [6.45, 7) is 0. The molecule has 11 heavy (non-hydrogen) atoms. The van der Waals surface area contributed by atoms with Crippen LogP contribution in [0.2, 0.25) is 0 Å². The van der Waals surface area contributed by atoms with Crippen LogP contribution in [0.4, 0.5) is 8.78 Å². The van der Waals surface area contributed by atoms with Gasteiger partial charge < -0.3 is 4.74 Å². The molecule has 0 aromatic carbocycles. The number of carbonyl (C=O) groups is 1. The molecule has 0 aromatic rings. The Kier molecular flexibility index (Phi) is 2.55. The van der Waals surface area contributed by atoms with E-state index in [0.717, 1.165) is 0 Å². The average molecular weight is 188 g/mol. The number of rotatable bonds is 2. The number of sulfone groups is 1. The SMILES string of the molecule is COC(=O)C(F)(F)S(C)(=O)=O. The highest BCUT2D eigenvalue weighted by Crippen LogP contribution is 2.21. The van der Waals surface area contributed by atoms with E-state index in [1.807, 2.05) is 0 Å². The van der Waals surface area contributed by atoms with Crippen LogP contribution in [0.25, 0.3) is 0 Å². The van der Waals surface area contributed by atoms with Gasteiger partial charge in [-0.1, -0.05) is 0 Å². The molecule has 0 radical (unpaired) electrons. The van der Waals surface area contributed by atoms with Crippen molar-refractivity contribution in [2.24, 2.45) is 0 Å². The third kappa shape index (κ3) is 1.86. The van der Waals surface area contributed by atoms with E-state index in [-0.39, 0.29) is 6.26 Å². The van der Waals surface area contributed by atoms with Crippen LogP contribution in [0.3, 0.4) is 0 Å². The maximum Gasteiger partial charge on any atom is 0.439 e. The molecular weight excluding hydrogens is 182 g/mol. The molecule has 0 unspecified atom stereocenters. The predicted molar refractivity (Wildman–Crippen MR) is 31.8 cm³/mol. The third-order valence-corrected chi connectivity index (χ3v) is 1.99. The molecule has 0 aromatic heterocycles. The first-order valence-electron chi connectivity index (χ1n) is 2.39. The van der Waals surface area contributed by atoms with Gasteiger partial charge in [-0.15, -0.1) is 0 Å². The molecule has 0 spiro atoms. The second kappa shape index (κ2) is 2.72. The lowest BCUT2D eigenvalue weighted by Gasteiger charge is -2.09. The lowest BCUT2D eigenvalue weighted by molar-refractivity contribution is -0.157. The summed E-state index contributed by atoms with van der Waals surface area (Å²) in [6, 6.07) is 0. The zero-order valence-corrected chi connectivity index (χ0v) is 6.61. The van der Waals surface area contributed by atoms with Gasteiger partial charge in [0.1, 0.15) is 0 Å². The summed E-state index contributed by atoms with van der Waals surface area (Å²) < 4.78 is 48.5. The van der Waals surface area contributed by atoms with E-state index in [1.54, 1.807) is 0 Å². The van der Waals surface area contributed by atoms with Crippen molar-refractivity contribution < 1.29 is 26.7 Å². The van der Waals surface area contributed by atoms with Crippen molar-refractivity contribution >= 4 is 15.8 Å². The minimum atomic E-state index is -4.72. The van der Waals surface area contributed by atoms with Gasteiger partial charge in [-0.2, -0.15) is 8.78 Å². The fourth-order valence-corrected chi connectivity index (χ4v) is 0.656. The lowest BCUT2D eigenvalue weighted by Crippen LogP contribution is -2.37. The summed E-state index contributed by atoms with van der Waals surface area (Å²) in [7, 11) is -4.04. The van der Waals surface area contributed by atoms with Crippen LogP contribution in [0.1, 0.15) is 0 Å². The molecule has 4 nitrogen and oxygen atoms in total. The third-order valence-electron chi connectivity index (χ3n) is 0.889. The Morgan fingerprint density at radius 3 is 1.91 bits per heavy atom. The highest BCUT2D eigenvalue weighted by atomic mass is 32.2. The van der Waals surface area contributed by atoms with Gasteiger partial charge in [0.25, 0.3) is 0 Å². The number of halogens is 2. The Balaban J connectivity index is 4.90. The Labute approximate surface area is 62.1 Å². The molecule has 0 aliphatic rings. The van der Waals surface area contributed by atoms with Crippen LogP contribution in [0, 0.1) is 0 Å². The van der Waals surface area contributed by atoms with Gasteiger partial charge in [0.15, 0.2) is 0 Å². The maximum absolute atomic E-state index is 12.3. The molecule has 0 aliphatic carbocycles. The van der Waals surface area contributed by atoms with E-state index >= 15 is 0 Å². The van der Waals surface area contributed by atoms with Crippen LogP contribution in [-0.2, 0) is 19.4 Å². The second-order valence-electron chi connectivity index (χ2n) is 1.78. The smallest absolute Gasteiger partial charge is 0.439 e. The Morgan fingerprint density at radius 2 is 1.82 bits per heavy atom. The van der Waals surface area contributed by atoms with Crippen LogP contribution in [0.5, 0.6) is 0 Å². The second-order valence-corrected chi connectivity index (χ2v) is 3.84. The zero-order chi connectivity index (χ0) is 9.28. The summed E-state index contributed by atoms with van der Waals surface area (Å²) in [4.78, 5) is 10.1. The zero-order valence-electron chi connectivity index (χ0n) is 5.80. The van der Waals surface area contributed by atoms with Crippen LogP contribution < -0.4 is 0 Å². The van der Waals surface area contributed by atoms with Crippen molar-refractivity contribution in [3.05, 3.63) is 0 Å². The molecule has 0 heterocycles. The topological polar surface area (TPSA) is 60.4 Å². The number of ether oxygens (including phenoxy) is 1. The number of carbonyl (C=O) groups excluding carboxylic acids is 1. The normalized spacial score (nSPS) is 12.7. The number of alkyl halides is 2. The molecule has 0 saturated carbocycles. The molecular formula is C4H6F2O4S.